The zero-order chi connectivity index (χ0) is 22.1. The smallest absolute Gasteiger partial charge is 0.354 e. The molecule has 1 aliphatic carbocycles. The molecule has 1 atom stereocenters. The van der Waals surface area contributed by atoms with Gasteiger partial charge in [0.05, 0.1) is 6.20 Å². The molecule has 0 bridgehead atoms. The third kappa shape index (κ3) is 3.88. The summed E-state index contributed by atoms with van der Waals surface area (Å²) in [5, 5.41) is 9.11. The minimum Gasteiger partial charge on any atom is -0.477 e. The van der Waals surface area contributed by atoms with Crippen LogP contribution in [0, 0.1) is 5.92 Å². The number of benzene rings is 2. The maximum absolute atomic E-state index is 13.0. The summed E-state index contributed by atoms with van der Waals surface area (Å²) in [5.41, 5.74) is 2.38. The van der Waals surface area contributed by atoms with Gasteiger partial charge in [0, 0.05) is 5.92 Å². The fourth-order valence-corrected chi connectivity index (χ4v) is 3.84. The quantitative estimate of drug-likeness (QED) is 0.441. The topological polar surface area (TPSA) is 103 Å². The van der Waals surface area contributed by atoms with Crippen molar-refractivity contribution < 1.29 is 23.8 Å². The van der Waals surface area contributed by atoms with Crippen LogP contribution in [0.3, 0.4) is 0 Å². The highest BCUT2D eigenvalue weighted by Crippen LogP contribution is 2.33. The molecule has 0 spiro atoms. The number of pyridine rings is 1. The molecule has 32 heavy (non-hydrogen) atoms. The molecule has 0 aliphatic heterocycles. The van der Waals surface area contributed by atoms with E-state index in [2.05, 4.69) is 9.97 Å². The van der Waals surface area contributed by atoms with E-state index in [9.17, 15) is 9.59 Å². The highest BCUT2D eigenvalue weighted by Gasteiger charge is 2.31. The number of carboxylic acids is 1. The summed E-state index contributed by atoms with van der Waals surface area (Å²) in [7, 11) is 0. The number of para-hydroxylation sites is 1. The molecule has 7 nitrogen and oxygen atoms in total. The number of hydrogen-bond acceptors (Lipinski definition) is 6. The molecule has 5 rings (SSSR count). The van der Waals surface area contributed by atoms with Crippen LogP contribution < -0.4 is 4.74 Å². The molecule has 1 N–H and O–H groups in total. The summed E-state index contributed by atoms with van der Waals surface area (Å²) < 4.78 is 11.5. The average Bonchev–Trinajstić information content (AvgIpc) is 3.47. The van der Waals surface area contributed by atoms with Crippen LogP contribution in [0.25, 0.3) is 11.5 Å². The van der Waals surface area contributed by atoms with Gasteiger partial charge in [0.15, 0.2) is 5.76 Å². The van der Waals surface area contributed by atoms with Crippen LogP contribution in [0.1, 0.15) is 32.3 Å². The Balaban J connectivity index is 1.31. The number of ketones is 1. The fourth-order valence-electron chi connectivity index (χ4n) is 3.84. The van der Waals surface area contributed by atoms with Gasteiger partial charge in [-0.2, -0.15) is 0 Å². The SMILES string of the molecule is O=C(O)c1cccc(-c2cnc(C(=O)[C@H]3Cc4ccc(Oc5ccccc5)cc4C3)o2)n1. The summed E-state index contributed by atoms with van der Waals surface area (Å²) in [4.78, 5) is 32.3. The van der Waals surface area contributed by atoms with Crippen molar-refractivity contribution in [1.82, 2.24) is 9.97 Å². The summed E-state index contributed by atoms with van der Waals surface area (Å²) in [6.07, 6.45) is 2.57. The minimum absolute atomic E-state index is 0.00101. The lowest BCUT2D eigenvalue weighted by atomic mass is 10.0. The van der Waals surface area contributed by atoms with Gasteiger partial charge in [0.1, 0.15) is 22.9 Å². The minimum atomic E-state index is -1.14. The number of Topliss-reactive ketones (excluding diaryl/α,β-unsaturated/α-hetero) is 1. The van der Waals surface area contributed by atoms with E-state index in [0.29, 0.717) is 18.5 Å². The van der Waals surface area contributed by atoms with Crippen LogP contribution in [0.5, 0.6) is 11.5 Å². The Bertz CT molecular complexity index is 1310. The van der Waals surface area contributed by atoms with Gasteiger partial charge >= 0.3 is 5.97 Å². The fraction of sp³-hybridized carbons (Fsp3) is 0.120. The molecular formula is C25H18N2O5. The van der Waals surface area contributed by atoms with Gasteiger partial charge in [0.25, 0.3) is 5.89 Å². The van der Waals surface area contributed by atoms with Gasteiger partial charge in [-0.05, 0) is 60.4 Å². The van der Waals surface area contributed by atoms with E-state index >= 15 is 0 Å². The standard InChI is InChI=1S/C25H18N2O5/c28-23(24-26-14-22(32-24)20-7-4-8-21(27-20)25(29)30)17-11-15-9-10-19(13-16(15)12-17)31-18-5-2-1-3-6-18/h1-10,13-14,17H,11-12H2,(H,29,30)/t17-/m0/s1. The Kier molecular flexibility index (Phi) is 4.99. The highest BCUT2D eigenvalue weighted by atomic mass is 16.5. The third-order valence-corrected chi connectivity index (χ3v) is 5.40. The lowest BCUT2D eigenvalue weighted by Crippen LogP contribution is -2.15. The Hall–Kier alpha value is -4.26. The Morgan fingerprint density at radius 2 is 1.75 bits per heavy atom. The van der Waals surface area contributed by atoms with Gasteiger partial charge in [-0.3, -0.25) is 4.79 Å². The number of nitrogens with zero attached hydrogens (tertiary/aromatic N) is 2. The number of oxazole rings is 1. The Morgan fingerprint density at radius 1 is 0.938 bits per heavy atom. The van der Waals surface area contributed by atoms with Gasteiger partial charge in [0.2, 0.25) is 5.78 Å². The number of carbonyl (C=O) groups is 2. The molecule has 2 aromatic carbocycles. The van der Waals surface area contributed by atoms with E-state index in [4.69, 9.17) is 14.3 Å². The Morgan fingerprint density at radius 3 is 2.56 bits per heavy atom. The van der Waals surface area contributed by atoms with Crippen LogP contribution in [0.15, 0.2) is 77.3 Å². The van der Waals surface area contributed by atoms with Gasteiger partial charge in [-0.25, -0.2) is 14.8 Å². The van der Waals surface area contributed by atoms with E-state index in [-0.39, 0.29) is 29.0 Å². The summed E-state index contributed by atoms with van der Waals surface area (Å²) in [6, 6.07) is 20.0. The number of ether oxygens (including phenoxy) is 1. The van der Waals surface area contributed by atoms with Crippen LogP contribution in [0.4, 0.5) is 0 Å². The van der Waals surface area contributed by atoms with E-state index in [1.807, 2.05) is 48.5 Å². The van der Waals surface area contributed by atoms with Gasteiger partial charge in [-0.15, -0.1) is 0 Å². The second-order valence-corrected chi connectivity index (χ2v) is 7.56. The van der Waals surface area contributed by atoms with Crippen molar-refractivity contribution in [2.45, 2.75) is 12.8 Å². The molecule has 158 valence electrons. The molecule has 0 unspecified atom stereocenters. The van der Waals surface area contributed by atoms with E-state index < -0.39 is 5.97 Å². The van der Waals surface area contributed by atoms with Crippen LogP contribution >= 0.6 is 0 Å². The van der Waals surface area contributed by atoms with Crippen molar-refractivity contribution in [3.8, 4) is 23.0 Å². The molecule has 0 saturated heterocycles. The third-order valence-electron chi connectivity index (χ3n) is 5.40. The Labute approximate surface area is 183 Å². The zero-order valence-electron chi connectivity index (χ0n) is 16.9. The van der Waals surface area contributed by atoms with Crippen LogP contribution in [0.2, 0.25) is 0 Å². The first-order chi connectivity index (χ1) is 15.6. The largest absolute Gasteiger partial charge is 0.477 e. The molecular weight excluding hydrogens is 408 g/mol. The van der Waals surface area contributed by atoms with Crippen molar-refractivity contribution in [1.29, 1.82) is 0 Å². The molecule has 0 radical (unpaired) electrons. The molecule has 0 fully saturated rings. The molecule has 1 aliphatic rings. The van der Waals surface area contributed by atoms with Gasteiger partial charge in [-0.1, -0.05) is 30.3 Å². The van der Waals surface area contributed by atoms with Crippen LogP contribution in [-0.2, 0) is 12.8 Å². The normalized spacial score (nSPS) is 14.7. The lowest BCUT2D eigenvalue weighted by molar-refractivity contribution is 0.0690. The number of rotatable bonds is 6. The van der Waals surface area contributed by atoms with Crippen molar-refractivity contribution in [2.75, 3.05) is 0 Å². The summed E-state index contributed by atoms with van der Waals surface area (Å²) in [6.45, 7) is 0. The molecule has 0 amide bonds. The average molecular weight is 426 g/mol. The van der Waals surface area contributed by atoms with Crippen molar-refractivity contribution >= 4 is 11.8 Å². The van der Waals surface area contributed by atoms with Crippen LogP contribution in [-0.4, -0.2) is 26.8 Å². The lowest BCUT2D eigenvalue weighted by Gasteiger charge is -2.07. The van der Waals surface area contributed by atoms with Crippen molar-refractivity contribution in [3.05, 3.63) is 95.6 Å². The summed E-state index contributed by atoms with van der Waals surface area (Å²) in [5.74, 6) is 0.138. The number of aromatic nitrogens is 2. The number of carbonyl (C=O) groups excluding carboxylic acids is 1. The van der Waals surface area contributed by atoms with E-state index in [1.165, 1.54) is 12.3 Å². The molecule has 7 heteroatoms. The monoisotopic (exact) mass is 426 g/mol. The van der Waals surface area contributed by atoms with Gasteiger partial charge < -0.3 is 14.3 Å². The highest BCUT2D eigenvalue weighted by molar-refractivity contribution is 5.95. The predicted octanol–water partition coefficient (Wildman–Crippen LogP) is 4.82. The predicted molar refractivity (Wildman–Crippen MR) is 115 cm³/mol. The van der Waals surface area contributed by atoms with Crippen molar-refractivity contribution in [2.24, 2.45) is 5.92 Å². The molecule has 2 aromatic heterocycles. The number of hydrogen-bond donors (Lipinski definition) is 1. The second kappa shape index (κ2) is 8.11. The first kappa shape index (κ1) is 19.7. The second-order valence-electron chi connectivity index (χ2n) is 7.56. The number of carboxylic acid groups (broad SMARTS) is 1. The molecule has 0 saturated carbocycles. The number of aromatic carboxylic acids is 1. The maximum atomic E-state index is 13.0. The maximum Gasteiger partial charge on any atom is 0.354 e. The number of fused-ring (bicyclic) bond motifs is 1. The van der Waals surface area contributed by atoms with E-state index in [1.54, 1.807) is 12.1 Å². The first-order valence-corrected chi connectivity index (χ1v) is 10.1. The molecule has 2 heterocycles. The molecule has 4 aromatic rings. The first-order valence-electron chi connectivity index (χ1n) is 10.1. The van der Waals surface area contributed by atoms with E-state index in [0.717, 1.165) is 22.6 Å². The zero-order valence-corrected chi connectivity index (χ0v) is 16.9. The van der Waals surface area contributed by atoms with Crippen molar-refractivity contribution in [3.63, 3.8) is 0 Å². The summed E-state index contributed by atoms with van der Waals surface area (Å²) >= 11 is 0.